The summed E-state index contributed by atoms with van der Waals surface area (Å²) in [6, 6.07) is 19.2. The molecule has 1 amide bonds. The van der Waals surface area contributed by atoms with Crippen molar-refractivity contribution in [3.05, 3.63) is 95.5 Å². The molecule has 11 heteroatoms. The van der Waals surface area contributed by atoms with Gasteiger partial charge in [0.05, 0.1) is 11.0 Å². The van der Waals surface area contributed by atoms with Gasteiger partial charge in [0.15, 0.2) is 6.04 Å². The van der Waals surface area contributed by atoms with Crippen LogP contribution in [0.5, 0.6) is 5.75 Å². The summed E-state index contributed by atoms with van der Waals surface area (Å²) in [5.74, 6) is -4.13. The number of nitrogens with two attached hydrogens (primary N) is 1. The van der Waals surface area contributed by atoms with E-state index in [4.69, 9.17) is 22.1 Å². The molecule has 1 saturated carbocycles. The maximum Gasteiger partial charge on any atom is 0.298 e. The van der Waals surface area contributed by atoms with Crippen molar-refractivity contribution in [2.24, 2.45) is 5.73 Å². The lowest BCUT2D eigenvalue weighted by molar-refractivity contribution is -0.149. The van der Waals surface area contributed by atoms with Crippen LogP contribution in [0.25, 0.3) is 21.9 Å². The molecule has 2 heterocycles. The number of hydrogen-bond donors (Lipinski definition) is 2. The van der Waals surface area contributed by atoms with Crippen LogP contribution in [-0.2, 0) is 20.7 Å². The fourth-order valence-corrected chi connectivity index (χ4v) is 8.92. The van der Waals surface area contributed by atoms with Gasteiger partial charge < -0.3 is 15.4 Å². The number of sulfonamides is 1. The highest BCUT2D eigenvalue weighted by molar-refractivity contribution is 7.89. The Labute approximate surface area is 284 Å². The zero-order valence-electron chi connectivity index (χ0n) is 26.3. The van der Waals surface area contributed by atoms with E-state index in [1.807, 2.05) is 6.07 Å². The van der Waals surface area contributed by atoms with Crippen LogP contribution in [-0.4, -0.2) is 49.5 Å². The van der Waals surface area contributed by atoms with Crippen LogP contribution in [0, 0.1) is 0 Å². The predicted octanol–water partition coefficient (Wildman–Crippen LogP) is 7.40. The highest BCUT2D eigenvalue weighted by atomic mass is 35.5. The molecule has 3 N–H and O–H groups in total. The van der Waals surface area contributed by atoms with Gasteiger partial charge in [0.2, 0.25) is 15.9 Å². The second-order valence-electron chi connectivity index (χ2n) is 13.3. The Kier molecular flexibility index (Phi) is 8.95. The highest BCUT2D eigenvalue weighted by Crippen LogP contribution is 2.40. The predicted molar refractivity (Wildman–Crippen MR) is 183 cm³/mol. The van der Waals surface area contributed by atoms with Crippen molar-refractivity contribution in [2.75, 3.05) is 0 Å². The van der Waals surface area contributed by atoms with Gasteiger partial charge in [-0.3, -0.25) is 4.79 Å². The van der Waals surface area contributed by atoms with Gasteiger partial charge in [-0.05, 0) is 110 Å². The quantitative estimate of drug-likeness (QED) is 0.190. The molecule has 3 fully saturated rings. The molecule has 1 aliphatic carbocycles. The SMILES string of the molecule is NC1CC2CCC(C1)N2C(=O)C(NS(=O)(=O)c1ccc2cc(OC3CCCC3)ccc2c1)C(F)(F)c1ccc(-c2ccc(Cl)cc2)cc1. The molecule has 252 valence electrons. The fraction of sp³-hybridized carbons (Fsp3) is 0.378. The van der Waals surface area contributed by atoms with Crippen molar-refractivity contribution in [2.45, 2.75) is 92.5 Å². The van der Waals surface area contributed by atoms with E-state index < -0.39 is 33.5 Å². The average molecular weight is 694 g/mol. The molecular formula is C37H38ClF2N3O4S. The Balaban J connectivity index is 1.20. The lowest BCUT2D eigenvalue weighted by atomic mass is 9.94. The minimum Gasteiger partial charge on any atom is -0.490 e. The number of halogens is 3. The summed E-state index contributed by atoms with van der Waals surface area (Å²) in [6.45, 7) is 0. The third kappa shape index (κ3) is 6.55. The van der Waals surface area contributed by atoms with Gasteiger partial charge in [0.25, 0.3) is 5.92 Å². The number of alkyl halides is 2. The van der Waals surface area contributed by atoms with Crippen LogP contribution in [0.2, 0.25) is 5.02 Å². The van der Waals surface area contributed by atoms with E-state index in [1.54, 1.807) is 42.5 Å². The second kappa shape index (κ2) is 13.0. The summed E-state index contributed by atoms with van der Waals surface area (Å²) in [6.07, 6.45) is 6.70. The topological polar surface area (TPSA) is 102 Å². The smallest absolute Gasteiger partial charge is 0.298 e. The van der Waals surface area contributed by atoms with Gasteiger partial charge in [-0.15, -0.1) is 0 Å². The standard InChI is InChI=1S/C37H38ClF2N3O4S/c38-28-13-7-24(8-14-28)23-5-11-27(12-6-23)37(39,40)35(36(44)43-30-15-16-31(43)22-29(41)21-30)42-48(45,46)34-18-10-25-19-33(17-9-26(25)20-34)47-32-3-1-2-4-32/h5-14,17-20,29-32,35,42H,1-4,15-16,21-22,41H2. The lowest BCUT2D eigenvalue weighted by Crippen LogP contribution is -2.60. The summed E-state index contributed by atoms with van der Waals surface area (Å²) in [5.41, 5.74) is 7.17. The zero-order valence-corrected chi connectivity index (χ0v) is 27.9. The third-order valence-corrected chi connectivity index (χ3v) is 11.7. The first-order valence-electron chi connectivity index (χ1n) is 16.5. The summed E-state index contributed by atoms with van der Waals surface area (Å²) in [5, 5.41) is 1.91. The number of ether oxygens (including phenoxy) is 1. The molecule has 7 rings (SSSR count). The van der Waals surface area contributed by atoms with Crippen LogP contribution < -0.4 is 15.2 Å². The van der Waals surface area contributed by atoms with Gasteiger partial charge in [-0.25, -0.2) is 8.42 Å². The Morgan fingerprint density at radius 2 is 1.44 bits per heavy atom. The molecule has 4 aromatic rings. The average Bonchev–Trinajstić information content (AvgIpc) is 3.68. The van der Waals surface area contributed by atoms with Crippen LogP contribution in [0.4, 0.5) is 8.78 Å². The first-order chi connectivity index (χ1) is 23.0. The molecule has 2 aliphatic heterocycles. The first kappa shape index (κ1) is 33.0. The maximum atomic E-state index is 16.6. The van der Waals surface area contributed by atoms with Gasteiger partial charge in [-0.2, -0.15) is 13.5 Å². The molecule has 4 aromatic carbocycles. The number of carbonyl (C=O) groups excluding carboxylic acids is 1. The number of amides is 1. The van der Waals surface area contributed by atoms with Crippen LogP contribution in [0.3, 0.4) is 0 Å². The molecule has 3 unspecified atom stereocenters. The van der Waals surface area contributed by atoms with Crippen molar-refractivity contribution in [3.63, 3.8) is 0 Å². The molecule has 2 saturated heterocycles. The molecule has 2 bridgehead atoms. The number of carbonyl (C=O) groups is 1. The van der Waals surface area contributed by atoms with E-state index in [1.165, 1.54) is 41.3 Å². The van der Waals surface area contributed by atoms with Crippen LogP contribution >= 0.6 is 11.6 Å². The van der Waals surface area contributed by atoms with E-state index in [0.717, 1.165) is 36.6 Å². The van der Waals surface area contributed by atoms with Crippen molar-refractivity contribution >= 4 is 38.3 Å². The minimum atomic E-state index is -4.58. The van der Waals surface area contributed by atoms with E-state index in [-0.39, 0.29) is 29.1 Å². The van der Waals surface area contributed by atoms with Gasteiger partial charge >= 0.3 is 0 Å². The van der Waals surface area contributed by atoms with E-state index in [2.05, 4.69) is 4.72 Å². The molecular weight excluding hydrogens is 656 g/mol. The fourth-order valence-electron chi connectivity index (χ4n) is 7.57. The van der Waals surface area contributed by atoms with Crippen molar-refractivity contribution in [1.82, 2.24) is 9.62 Å². The van der Waals surface area contributed by atoms with E-state index in [0.29, 0.717) is 47.4 Å². The normalized spacial score (nSPS) is 22.2. The number of rotatable bonds is 9. The number of nitrogens with one attached hydrogen (secondary N) is 1. The molecule has 0 aromatic heterocycles. The Morgan fingerprint density at radius 1 is 0.854 bits per heavy atom. The summed E-state index contributed by atoms with van der Waals surface area (Å²) in [7, 11) is -4.58. The molecule has 3 atom stereocenters. The van der Waals surface area contributed by atoms with Crippen molar-refractivity contribution < 1.29 is 26.7 Å². The molecule has 3 aliphatic rings. The monoisotopic (exact) mass is 693 g/mol. The Hall–Kier alpha value is -3.57. The summed E-state index contributed by atoms with van der Waals surface area (Å²) in [4.78, 5) is 15.4. The molecule has 7 nitrogen and oxygen atoms in total. The first-order valence-corrected chi connectivity index (χ1v) is 18.4. The van der Waals surface area contributed by atoms with E-state index >= 15 is 8.78 Å². The Bertz CT molecular complexity index is 1900. The lowest BCUT2D eigenvalue weighted by Gasteiger charge is -2.41. The van der Waals surface area contributed by atoms with Crippen molar-refractivity contribution in [1.29, 1.82) is 0 Å². The van der Waals surface area contributed by atoms with Crippen molar-refractivity contribution in [3.8, 4) is 16.9 Å². The largest absolute Gasteiger partial charge is 0.490 e. The number of piperidine rings is 1. The summed E-state index contributed by atoms with van der Waals surface area (Å²) >= 11 is 6.00. The van der Waals surface area contributed by atoms with Gasteiger partial charge in [0, 0.05) is 28.7 Å². The molecule has 48 heavy (non-hydrogen) atoms. The number of benzene rings is 4. The third-order valence-electron chi connectivity index (χ3n) is 10.1. The zero-order chi connectivity index (χ0) is 33.6. The highest BCUT2D eigenvalue weighted by Gasteiger charge is 2.53. The molecule has 0 radical (unpaired) electrons. The number of fused-ring (bicyclic) bond motifs is 3. The number of nitrogens with zero attached hydrogens (tertiary/aromatic N) is 1. The van der Waals surface area contributed by atoms with Crippen LogP contribution in [0.15, 0.2) is 89.8 Å². The number of hydrogen-bond acceptors (Lipinski definition) is 5. The van der Waals surface area contributed by atoms with Gasteiger partial charge in [0.1, 0.15) is 5.75 Å². The molecule has 0 spiro atoms. The Morgan fingerprint density at radius 3 is 2.08 bits per heavy atom. The van der Waals surface area contributed by atoms with Crippen LogP contribution in [0.1, 0.15) is 56.9 Å². The summed E-state index contributed by atoms with van der Waals surface area (Å²) < 4.78 is 69.3. The van der Waals surface area contributed by atoms with E-state index in [9.17, 15) is 13.2 Å². The maximum absolute atomic E-state index is 16.6. The van der Waals surface area contributed by atoms with Gasteiger partial charge in [-0.1, -0.05) is 60.1 Å². The minimum absolute atomic E-state index is 0.135. The second-order valence-corrected chi connectivity index (χ2v) is 15.5.